The number of nitrogens with zero attached hydrogens (tertiary/aromatic N) is 1. The second kappa shape index (κ2) is 4.71. The highest BCUT2D eigenvalue weighted by Crippen LogP contribution is 2.18. The number of halogens is 1. The van der Waals surface area contributed by atoms with Crippen LogP contribution in [0.5, 0.6) is 0 Å². The van der Waals surface area contributed by atoms with Crippen LogP contribution in [-0.2, 0) is 16.6 Å². The van der Waals surface area contributed by atoms with E-state index >= 15 is 0 Å². The van der Waals surface area contributed by atoms with Crippen molar-refractivity contribution in [1.29, 1.82) is 0 Å². The van der Waals surface area contributed by atoms with Crippen LogP contribution in [0.15, 0.2) is 34.8 Å². The molecule has 0 saturated heterocycles. The predicted molar refractivity (Wildman–Crippen MR) is 63.0 cm³/mol. The molecule has 0 amide bonds. The lowest BCUT2D eigenvalue weighted by Gasteiger charge is -2.02. The van der Waals surface area contributed by atoms with E-state index in [2.05, 4.69) is 4.98 Å². The van der Waals surface area contributed by atoms with E-state index in [0.29, 0.717) is 10.6 Å². The molecule has 0 bridgehead atoms. The molecule has 2 rings (SSSR count). The van der Waals surface area contributed by atoms with Gasteiger partial charge in [0.15, 0.2) is 0 Å². The Morgan fingerprint density at radius 1 is 1.44 bits per heavy atom. The van der Waals surface area contributed by atoms with Gasteiger partial charge in [0.2, 0.25) is 0 Å². The van der Waals surface area contributed by atoms with Gasteiger partial charge in [-0.3, -0.25) is 9.19 Å². The number of thiazole rings is 1. The van der Waals surface area contributed by atoms with Crippen molar-refractivity contribution in [3.63, 3.8) is 0 Å². The quantitative estimate of drug-likeness (QED) is 0.856. The Kier molecular flexibility index (Phi) is 3.31. The zero-order chi connectivity index (χ0) is 11.5. The summed E-state index contributed by atoms with van der Waals surface area (Å²) in [5.41, 5.74) is 7.44. The normalized spacial score (nSPS) is 12.6. The van der Waals surface area contributed by atoms with Crippen molar-refractivity contribution < 1.29 is 8.60 Å². The van der Waals surface area contributed by atoms with Crippen molar-refractivity contribution in [3.05, 3.63) is 40.6 Å². The average Bonchev–Trinajstić information content (AvgIpc) is 2.68. The van der Waals surface area contributed by atoms with Crippen LogP contribution in [0.3, 0.4) is 0 Å². The smallest absolute Gasteiger partial charge is 0.126 e. The zero-order valence-electron chi connectivity index (χ0n) is 8.22. The molecule has 0 radical (unpaired) electrons. The zero-order valence-corrected chi connectivity index (χ0v) is 9.85. The third-order valence-corrected chi connectivity index (χ3v) is 4.21. The van der Waals surface area contributed by atoms with E-state index in [1.807, 2.05) is 0 Å². The first-order valence-electron chi connectivity index (χ1n) is 4.47. The Morgan fingerprint density at radius 2 is 2.25 bits per heavy atom. The minimum Gasteiger partial charge on any atom is -0.399 e. The van der Waals surface area contributed by atoms with E-state index in [1.54, 1.807) is 11.7 Å². The van der Waals surface area contributed by atoms with Gasteiger partial charge in [0, 0.05) is 21.7 Å². The average molecular weight is 256 g/mol. The fourth-order valence-electron chi connectivity index (χ4n) is 1.24. The number of hydrogen-bond acceptors (Lipinski definition) is 4. The van der Waals surface area contributed by atoms with Crippen LogP contribution in [0, 0.1) is 5.82 Å². The lowest BCUT2D eigenvalue weighted by Crippen LogP contribution is -1.97. The molecule has 1 unspecified atom stereocenters. The van der Waals surface area contributed by atoms with E-state index in [4.69, 9.17) is 5.73 Å². The van der Waals surface area contributed by atoms with Crippen LogP contribution >= 0.6 is 11.3 Å². The maximum Gasteiger partial charge on any atom is 0.126 e. The first kappa shape index (κ1) is 11.2. The predicted octanol–water partition coefficient (Wildman–Crippen LogP) is 2.17. The van der Waals surface area contributed by atoms with Gasteiger partial charge >= 0.3 is 0 Å². The Hall–Kier alpha value is -1.27. The Morgan fingerprint density at radius 3 is 2.88 bits per heavy atom. The van der Waals surface area contributed by atoms with Crippen molar-refractivity contribution >= 4 is 27.8 Å². The fraction of sp³-hybridized carbons (Fsp3) is 0.100. The van der Waals surface area contributed by atoms with Crippen LogP contribution in [0.1, 0.15) is 4.88 Å². The molecular formula is C10H9FN2OS2. The number of nitrogens with two attached hydrogens (primary N) is 1. The fourth-order valence-corrected chi connectivity index (χ4v) is 3.23. The third-order valence-electron chi connectivity index (χ3n) is 1.91. The maximum absolute atomic E-state index is 13.0. The molecule has 84 valence electrons. The summed E-state index contributed by atoms with van der Waals surface area (Å²) >= 11 is 1.43. The second-order valence-electron chi connectivity index (χ2n) is 3.18. The summed E-state index contributed by atoms with van der Waals surface area (Å²) in [5, 5.41) is 0. The van der Waals surface area contributed by atoms with Gasteiger partial charge in [0.1, 0.15) is 5.82 Å². The van der Waals surface area contributed by atoms with E-state index < -0.39 is 16.6 Å². The van der Waals surface area contributed by atoms with E-state index in [9.17, 15) is 8.60 Å². The summed E-state index contributed by atoms with van der Waals surface area (Å²) in [4.78, 5) is 5.20. The van der Waals surface area contributed by atoms with E-state index in [1.165, 1.54) is 29.5 Å². The van der Waals surface area contributed by atoms with Crippen LogP contribution < -0.4 is 5.73 Å². The third kappa shape index (κ3) is 2.65. The minimum absolute atomic E-state index is 0.285. The van der Waals surface area contributed by atoms with Crippen LogP contribution in [0.2, 0.25) is 0 Å². The summed E-state index contributed by atoms with van der Waals surface area (Å²) < 4.78 is 24.9. The van der Waals surface area contributed by atoms with Gasteiger partial charge in [-0.15, -0.1) is 11.3 Å². The first-order chi connectivity index (χ1) is 7.65. The highest BCUT2D eigenvalue weighted by Gasteiger charge is 2.08. The van der Waals surface area contributed by atoms with Crippen molar-refractivity contribution in [2.45, 2.75) is 10.6 Å². The molecule has 1 aromatic carbocycles. The molecule has 0 aliphatic heterocycles. The molecule has 0 aliphatic rings. The lowest BCUT2D eigenvalue weighted by atomic mass is 10.3. The Labute approximate surface area is 98.6 Å². The molecular weight excluding hydrogens is 247 g/mol. The number of hydrogen-bond donors (Lipinski definition) is 1. The Bertz CT molecular complexity index is 493. The van der Waals surface area contributed by atoms with Gasteiger partial charge in [-0.1, -0.05) is 0 Å². The van der Waals surface area contributed by atoms with Crippen molar-refractivity contribution in [3.8, 4) is 0 Å². The van der Waals surface area contributed by atoms with Crippen LogP contribution in [0.4, 0.5) is 10.1 Å². The molecule has 0 aliphatic carbocycles. The van der Waals surface area contributed by atoms with Gasteiger partial charge < -0.3 is 5.73 Å². The number of benzene rings is 1. The molecule has 0 saturated carbocycles. The monoisotopic (exact) mass is 256 g/mol. The summed E-state index contributed by atoms with van der Waals surface area (Å²) in [6, 6.07) is 3.97. The topological polar surface area (TPSA) is 56.0 Å². The molecule has 6 heteroatoms. The van der Waals surface area contributed by atoms with E-state index in [-0.39, 0.29) is 5.69 Å². The van der Waals surface area contributed by atoms with Crippen molar-refractivity contribution in [2.75, 3.05) is 5.73 Å². The summed E-state index contributed by atoms with van der Waals surface area (Å²) in [7, 11) is -1.28. The molecule has 1 heterocycles. The molecule has 1 aromatic heterocycles. The highest BCUT2D eigenvalue weighted by atomic mass is 32.2. The maximum atomic E-state index is 13.0. The van der Waals surface area contributed by atoms with Crippen molar-refractivity contribution in [2.24, 2.45) is 0 Å². The molecule has 0 spiro atoms. The standard InChI is InChI=1S/C10H9FN2OS2/c11-7-1-8(12)3-10(2-7)16(14)5-9-4-13-6-15-9/h1-4,6H,5,12H2. The number of rotatable bonds is 3. The van der Waals surface area contributed by atoms with Gasteiger partial charge in [-0.05, 0) is 18.2 Å². The molecule has 16 heavy (non-hydrogen) atoms. The largest absolute Gasteiger partial charge is 0.399 e. The molecule has 2 N–H and O–H groups in total. The second-order valence-corrected chi connectivity index (χ2v) is 5.60. The number of anilines is 1. The summed E-state index contributed by atoms with van der Waals surface area (Å²) in [5.74, 6) is -0.124. The van der Waals surface area contributed by atoms with Gasteiger partial charge in [0.05, 0.1) is 22.1 Å². The molecule has 3 nitrogen and oxygen atoms in total. The lowest BCUT2D eigenvalue weighted by molar-refractivity contribution is 0.623. The SMILES string of the molecule is Nc1cc(F)cc(S(=O)Cc2cncs2)c1. The van der Waals surface area contributed by atoms with Crippen LogP contribution in [-0.4, -0.2) is 9.19 Å². The summed E-state index contributed by atoms with van der Waals surface area (Å²) in [6.07, 6.45) is 1.66. The number of nitrogen functional groups attached to an aromatic ring is 1. The van der Waals surface area contributed by atoms with Gasteiger partial charge in [-0.2, -0.15) is 0 Å². The Balaban J connectivity index is 2.21. The first-order valence-corrected chi connectivity index (χ1v) is 6.67. The summed E-state index contributed by atoms with van der Waals surface area (Å²) in [6.45, 7) is 0. The molecule has 1 atom stereocenters. The van der Waals surface area contributed by atoms with Crippen molar-refractivity contribution in [1.82, 2.24) is 4.98 Å². The van der Waals surface area contributed by atoms with Gasteiger partial charge in [0.25, 0.3) is 0 Å². The van der Waals surface area contributed by atoms with Gasteiger partial charge in [-0.25, -0.2) is 4.39 Å². The van der Waals surface area contributed by atoms with E-state index in [0.717, 1.165) is 4.88 Å². The number of aromatic nitrogens is 1. The molecule has 0 fully saturated rings. The molecule has 2 aromatic rings. The highest BCUT2D eigenvalue weighted by molar-refractivity contribution is 7.84. The van der Waals surface area contributed by atoms with Crippen LogP contribution in [0.25, 0.3) is 0 Å². The minimum atomic E-state index is -1.28.